The first-order valence-electron chi connectivity index (χ1n) is 8.51. The van der Waals surface area contributed by atoms with Crippen LogP contribution in [0, 0.1) is 5.92 Å². The molecule has 24 heavy (non-hydrogen) atoms. The molecular weight excluding hydrogens is 306 g/mol. The third kappa shape index (κ3) is 4.33. The molecular formula is C18H25N3O3. The van der Waals surface area contributed by atoms with Crippen molar-refractivity contribution in [1.82, 2.24) is 15.1 Å². The highest BCUT2D eigenvalue weighted by molar-refractivity contribution is 5.89. The minimum Gasteiger partial charge on any atom is -0.379 e. The molecule has 3 rings (SSSR count). The van der Waals surface area contributed by atoms with Crippen molar-refractivity contribution in [3.8, 4) is 0 Å². The summed E-state index contributed by atoms with van der Waals surface area (Å²) in [6.45, 7) is 5.45. The summed E-state index contributed by atoms with van der Waals surface area (Å²) in [5.74, 6) is -0.215. The van der Waals surface area contributed by atoms with Crippen molar-refractivity contribution >= 4 is 11.8 Å². The van der Waals surface area contributed by atoms with Gasteiger partial charge in [0.1, 0.15) is 0 Å². The summed E-state index contributed by atoms with van der Waals surface area (Å²) in [7, 11) is 1.74. The van der Waals surface area contributed by atoms with Crippen molar-refractivity contribution in [3.63, 3.8) is 0 Å². The quantitative estimate of drug-likeness (QED) is 0.859. The molecule has 0 spiro atoms. The van der Waals surface area contributed by atoms with Crippen LogP contribution in [0.4, 0.5) is 0 Å². The molecule has 0 aromatic heterocycles. The normalized spacial score (nSPS) is 22.0. The Labute approximate surface area is 142 Å². The molecule has 0 aliphatic carbocycles. The maximum Gasteiger partial charge on any atom is 0.225 e. The van der Waals surface area contributed by atoms with Crippen LogP contribution in [0.3, 0.4) is 0 Å². The molecule has 1 N–H and O–H groups in total. The SMILES string of the molecule is CN1C[C@@H](C(=O)NCc2cccc(CN3CCOCC3)c2)CC1=O. The Morgan fingerprint density at radius 1 is 1.29 bits per heavy atom. The standard InChI is InChI=1S/C18H25N3O3/c1-20-13-16(10-17(20)22)18(23)19-11-14-3-2-4-15(9-14)12-21-5-7-24-8-6-21/h2-4,9,16H,5-8,10-13H2,1H3,(H,19,23)/t16-/m0/s1. The number of carbonyl (C=O) groups is 2. The third-order valence-electron chi connectivity index (χ3n) is 4.68. The van der Waals surface area contributed by atoms with E-state index >= 15 is 0 Å². The molecule has 2 saturated heterocycles. The maximum absolute atomic E-state index is 12.2. The lowest BCUT2D eigenvalue weighted by Gasteiger charge is -2.26. The zero-order valence-corrected chi connectivity index (χ0v) is 14.2. The highest BCUT2D eigenvalue weighted by Gasteiger charge is 2.31. The second kappa shape index (κ2) is 7.77. The van der Waals surface area contributed by atoms with Crippen molar-refractivity contribution in [2.24, 2.45) is 5.92 Å². The van der Waals surface area contributed by atoms with Gasteiger partial charge in [0.05, 0.1) is 19.1 Å². The molecule has 0 bridgehead atoms. The summed E-state index contributed by atoms with van der Waals surface area (Å²) >= 11 is 0. The zero-order chi connectivity index (χ0) is 16.9. The van der Waals surface area contributed by atoms with Crippen LogP contribution >= 0.6 is 0 Å². The van der Waals surface area contributed by atoms with Crippen molar-refractivity contribution in [1.29, 1.82) is 0 Å². The molecule has 0 unspecified atom stereocenters. The van der Waals surface area contributed by atoms with Crippen LogP contribution in [-0.2, 0) is 27.4 Å². The van der Waals surface area contributed by atoms with E-state index in [-0.39, 0.29) is 17.7 Å². The number of hydrogen-bond acceptors (Lipinski definition) is 4. The molecule has 1 atom stereocenters. The third-order valence-corrected chi connectivity index (χ3v) is 4.68. The van der Waals surface area contributed by atoms with Crippen LogP contribution in [0.5, 0.6) is 0 Å². The average Bonchev–Trinajstić information content (AvgIpc) is 2.93. The van der Waals surface area contributed by atoms with Gasteiger partial charge in [0, 0.05) is 46.2 Å². The van der Waals surface area contributed by atoms with Gasteiger partial charge in [-0.2, -0.15) is 0 Å². The molecule has 6 nitrogen and oxygen atoms in total. The van der Waals surface area contributed by atoms with E-state index in [0.29, 0.717) is 19.5 Å². The molecule has 6 heteroatoms. The zero-order valence-electron chi connectivity index (χ0n) is 14.2. The molecule has 2 heterocycles. The number of benzene rings is 1. The summed E-state index contributed by atoms with van der Waals surface area (Å²) < 4.78 is 5.37. The predicted octanol–water partition coefficient (Wildman–Crippen LogP) is 0.613. The molecule has 2 amide bonds. The molecule has 2 aliphatic rings. The van der Waals surface area contributed by atoms with Gasteiger partial charge in [-0.25, -0.2) is 0 Å². The minimum atomic E-state index is -0.223. The van der Waals surface area contributed by atoms with E-state index in [4.69, 9.17) is 4.74 Å². The van der Waals surface area contributed by atoms with Crippen molar-refractivity contribution in [2.75, 3.05) is 39.9 Å². The summed E-state index contributed by atoms with van der Waals surface area (Å²) in [5.41, 5.74) is 2.34. The van der Waals surface area contributed by atoms with Crippen molar-refractivity contribution in [3.05, 3.63) is 35.4 Å². The number of rotatable bonds is 5. The Hall–Kier alpha value is -1.92. The van der Waals surface area contributed by atoms with Gasteiger partial charge < -0.3 is 15.0 Å². The molecule has 2 aliphatic heterocycles. The summed E-state index contributed by atoms with van der Waals surface area (Å²) in [6, 6.07) is 8.31. The highest BCUT2D eigenvalue weighted by atomic mass is 16.5. The molecule has 1 aromatic rings. The number of morpholine rings is 1. The van der Waals surface area contributed by atoms with E-state index in [1.54, 1.807) is 11.9 Å². The van der Waals surface area contributed by atoms with E-state index < -0.39 is 0 Å². The maximum atomic E-state index is 12.2. The Bertz CT molecular complexity index is 599. The van der Waals surface area contributed by atoms with Gasteiger partial charge >= 0.3 is 0 Å². The van der Waals surface area contributed by atoms with Crippen LogP contribution in [-0.4, -0.2) is 61.5 Å². The second-order valence-corrected chi connectivity index (χ2v) is 6.60. The smallest absolute Gasteiger partial charge is 0.225 e. The fraction of sp³-hybridized carbons (Fsp3) is 0.556. The summed E-state index contributed by atoms with van der Waals surface area (Å²) in [4.78, 5) is 27.7. The van der Waals surface area contributed by atoms with Crippen molar-refractivity contribution < 1.29 is 14.3 Å². The first-order valence-corrected chi connectivity index (χ1v) is 8.51. The first-order chi connectivity index (χ1) is 11.6. The summed E-state index contributed by atoms with van der Waals surface area (Å²) in [6.07, 6.45) is 0.319. The average molecular weight is 331 g/mol. The number of nitrogens with zero attached hydrogens (tertiary/aromatic N) is 2. The van der Waals surface area contributed by atoms with Gasteiger partial charge in [0.15, 0.2) is 0 Å². The van der Waals surface area contributed by atoms with Gasteiger partial charge in [0.25, 0.3) is 0 Å². The summed E-state index contributed by atoms with van der Waals surface area (Å²) in [5, 5.41) is 2.96. The van der Waals surface area contributed by atoms with Gasteiger partial charge in [-0.3, -0.25) is 14.5 Å². The largest absolute Gasteiger partial charge is 0.379 e. The van der Waals surface area contributed by atoms with Crippen LogP contribution in [0.2, 0.25) is 0 Å². The van der Waals surface area contributed by atoms with E-state index in [0.717, 1.165) is 38.4 Å². The number of ether oxygens (including phenoxy) is 1. The van der Waals surface area contributed by atoms with Crippen LogP contribution in [0.25, 0.3) is 0 Å². The highest BCUT2D eigenvalue weighted by Crippen LogP contribution is 2.16. The first kappa shape index (κ1) is 16.9. The van der Waals surface area contributed by atoms with Gasteiger partial charge in [-0.05, 0) is 11.1 Å². The van der Waals surface area contributed by atoms with E-state index in [2.05, 4.69) is 22.3 Å². The topological polar surface area (TPSA) is 61.9 Å². The van der Waals surface area contributed by atoms with Crippen LogP contribution in [0.1, 0.15) is 17.5 Å². The predicted molar refractivity (Wildman–Crippen MR) is 90.1 cm³/mol. The van der Waals surface area contributed by atoms with E-state index in [1.165, 1.54) is 5.56 Å². The van der Waals surface area contributed by atoms with Gasteiger partial charge in [-0.1, -0.05) is 24.3 Å². The number of likely N-dealkylation sites (tertiary alicyclic amines) is 1. The van der Waals surface area contributed by atoms with Gasteiger partial charge in [0.2, 0.25) is 11.8 Å². The van der Waals surface area contributed by atoms with Gasteiger partial charge in [-0.15, -0.1) is 0 Å². The Morgan fingerprint density at radius 2 is 2.04 bits per heavy atom. The Balaban J connectivity index is 1.51. The lowest BCUT2D eigenvalue weighted by Crippen LogP contribution is -2.35. The Kier molecular flexibility index (Phi) is 5.48. The lowest BCUT2D eigenvalue weighted by molar-refractivity contribution is -0.128. The number of amides is 2. The molecule has 2 fully saturated rings. The minimum absolute atomic E-state index is 0.0358. The monoisotopic (exact) mass is 331 g/mol. The number of nitrogens with one attached hydrogen (secondary N) is 1. The molecule has 1 aromatic carbocycles. The number of carbonyl (C=O) groups excluding carboxylic acids is 2. The second-order valence-electron chi connectivity index (χ2n) is 6.60. The lowest BCUT2D eigenvalue weighted by atomic mass is 10.1. The fourth-order valence-corrected chi connectivity index (χ4v) is 3.23. The Morgan fingerprint density at radius 3 is 2.75 bits per heavy atom. The fourth-order valence-electron chi connectivity index (χ4n) is 3.23. The molecule has 0 radical (unpaired) electrons. The number of hydrogen-bond donors (Lipinski definition) is 1. The van der Waals surface area contributed by atoms with E-state index in [1.807, 2.05) is 12.1 Å². The van der Waals surface area contributed by atoms with Crippen LogP contribution < -0.4 is 5.32 Å². The van der Waals surface area contributed by atoms with Crippen molar-refractivity contribution in [2.45, 2.75) is 19.5 Å². The van der Waals surface area contributed by atoms with Crippen LogP contribution in [0.15, 0.2) is 24.3 Å². The van der Waals surface area contributed by atoms with E-state index in [9.17, 15) is 9.59 Å². The molecule has 0 saturated carbocycles. The molecule has 130 valence electrons.